The van der Waals surface area contributed by atoms with Gasteiger partial charge in [0.05, 0.1) is 0 Å². The Bertz CT molecular complexity index is 945. The van der Waals surface area contributed by atoms with Crippen LogP contribution in [0.4, 0.5) is 0 Å². The number of hydrogen-bond acceptors (Lipinski definition) is 4. The first-order chi connectivity index (χ1) is 10.7. The van der Waals surface area contributed by atoms with Gasteiger partial charge in [0.2, 0.25) is 5.89 Å². The SMILES string of the molecule is OB(O)c1ccc2c(-c3nc4ccccc4o3)cccc2c1. The minimum Gasteiger partial charge on any atom is -0.436 e. The molecule has 2 N–H and O–H groups in total. The van der Waals surface area contributed by atoms with E-state index in [9.17, 15) is 10.0 Å². The standard InChI is InChI=1S/C17H12BNO3/c20-18(21)12-8-9-13-11(10-12)4-3-5-14(13)17-19-15-6-1-2-7-16(15)22-17/h1-10,20-21H. The zero-order valence-corrected chi connectivity index (χ0v) is 11.6. The summed E-state index contributed by atoms with van der Waals surface area (Å²) in [5.41, 5.74) is 2.91. The number of nitrogens with zero attached hydrogens (tertiary/aromatic N) is 1. The van der Waals surface area contributed by atoms with Gasteiger partial charge in [0.1, 0.15) is 5.52 Å². The van der Waals surface area contributed by atoms with Crippen LogP contribution in [0.5, 0.6) is 0 Å². The largest absolute Gasteiger partial charge is 0.488 e. The molecule has 0 saturated carbocycles. The Kier molecular flexibility index (Phi) is 2.96. The first-order valence-electron chi connectivity index (χ1n) is 6.97. The predicted molar refractivity (Wildman–Crippen MR) is 86.8 cm³/mol. The molecule has 106 valence electrons. The Labute approximate surface area is 126 Å². The second-order valence-electron chi connectivity index (χ2n) is 5.15. The highest BCUT2D eigenvalue weighted by molar-refractivity contribution is 6.58. The summed E-state index contributed by atoms with van der Waals surface area (Å²) in [6.07, 6.45) is 0. The molecule has 1 heterocycles. The highest BCUT2D eigenvalue weighted by atomic mass is 16.4. The molecule has 0 aliphatic heterocycles. The van der Waals surface area contributed by atoms with Gasteiger partial charge in [-0.15, -0.1) is 0 Å². The fourth-order valence-electron chi connectivity index (χ4n) is 2.64. The van der Waals surface area contributed by atoms with Gasteiger partial charge in [-0.3, -0.25) is 0 Å². The molecule has 0 radical (unpaired) electrons. The van der Waals surface area contributed by atoms with Crippen LogP contribution in [-0.4, -0.2) is 22.2 Å². The zero-order chi connectivity index (χ0) is 15.1. The quantitative estimate of drug-likeness (QED) is 0.556. The van der Waals surface area contributed by atoms with Gasteiger partial charge in [-0.25, -0.2) is 4.98 Å². The van der Waals surface area contributed by atoms with Crippen molar-refractivity contribution >= 4 is 34.5 Å². The Morgan fingerprint density at radius 3 is 2.59 bits per heavy atom. The number of oxazole rings is 1. The molecular formula is C17H12BNO3. The van der Waals surface area contributed by atoms with E-state index in [2.05, 4.69) is 4.98 Å². The van der Waals surface area contributed by atoms with Crippen LogP contribution in [0, 0.1) is 0 Å². The number of benzene rings is 3. The van der Waals surface area contributed by atoms with E-state index in [0.29, 0.717) is 11.4 Å². The maximum Gasteiger partial charge on any atom is 0.488 e. The van der Waals surface area contributed by atoms with Gasteiger partial charge >= 0.3 is 7.12 Å². The topological polar surface area (TPSA) is 66.5 Å². The van der Waals surface area contributed by atoms with E-state index in [1.165, 1.54) is 0 Å². The van der Waals surface area contributed by atoms with Gasteiger partial charge in [0, 0.05) is 5.56 Å². The molecule has 0 aliphatic rings. The van der Waals surface area contributed by atoms with Crippen molar-refractivity contribution in [3.63, 3.8) is 0 Å². The molecule has 4 nitrogen and oxygen atoms in total. The zero-order valence-electron chi connectivity index (χ0n) is 11.6. The van der Waals surface area contributed by atoms with Gasteiger partial charge in [-0.2, -0.15) is 0 Å². The van der Waals surface area contributed by atoms with Gasteiger partial charge in [-0.1, -0.05) is 42.5 Å². The fraction of sp³-hybridized carbons (Fsp3) is 0. The lowest BCUT2D eigenvalue weighted by Gasteiger charge is -2.05. The van der Waals surface area contributed by atoms with Crippen LogP contribution in [0.25, 0.3) is 33.3 Å². The second-order valence-corrected chi connectivity index (χ2v) is 5.15. The molecule has 4 aromatic rings. The summed E-state index contributed by atoms with van der Waals surface area (Å²) in [7, 11) is -1.47. The summed E-state index contributed by atoms with van der Waals surface area (Å²) in [6, 6.07) is 18.7. The Morgan fingerprint density at radius 1 is 0.909 bits per heavy atom. The van der Waals surface area contributed by atoms with Crippen LogP contribution in [0.1, 0.15) is 0 Å². The number of aromatic nitrogens is 1. The van der Waals surface area contributed by atoms with Crippen molar-refractivity contribution in [3.05, 3.63) is 60.7 Å². The number of para-hydroxylation sites is 2. The van der Waals surface area contributed by atoms with E-state index >= 15 is 0 Å². The lowest BCUT2D eigenvalue weighted by molar-refractivity contribution is 0.426. The summed E-state index contributed by atoms with van der Waals surface area (Å²) < 4.78 is 5.83. The smallest absolute Gasteiger partial charge is 0.436 e. The first kappa shape index (κ1) is 13.1. The molecule has 0 saturated heterocycles. The Morgan fingerprint density at radius 2 is 1.77 bits per heavy atom. The van der Waals surface area contributed by atoms with Crippen molar-refractivity contribution < 1.29 is 14.5 Å². The van der Waals surface area contributed by atoms with E-state index in [0.717, 1.165) is 27.4 Å². The van der Waals surface area contributed by atoms with Gasteiger partial charge in [-0.05, 0) is 34.4 Å². The highest BCUT2D eigenvalue weighted by Crippen LogP contribution is 2.30. The minimum absolute atomic E-state index is 0.460. The Balaban J connectivity index is 1.94. The van der Waals surface area contributed by atoms with Gasteiger partial charge < -0.3 is 14.5 Å². The van der Waals surface area contributed by atoms with Crippen molar-refractivity contribution in [1.82, 2.24) is 4.98 Å². The van der Waals surface area contributed by atoms with Crippen LogP contribution in [-0.2, 0) is 0 Å². The summed E-state index contributed by atoms with van der Waals surface area (Å²) >= 11 is 0. The lowest BCUT2D eigenvalue weighted by atomic mass is 9.79. The van der Waals surface area contributed by atoms with Crippen LogP contribution < -0.4 is 5.46 Å². The third kappa shape index (κ3) is 2.08. The second kappa shape index (κ2) is 4.98. The van der Waals surface area contributed by atoms with Crippen LogP contribution in [0.15, 0.2) is 65.1 Å². The average Bonchev–Trinajstić information content (AvgIpc) is 2.97. The molecule has 3 aromatic carbocycles. The molecule has 0 atom stereocenters. The minimum atomic E-state index is -1.47. The molecule has 1 aromatic heterocycles. The maximum absolute atomic E-state index is 9.29. The third-order valence-electron chi connectivity index (χ3n) is 3.73. The number of hydrogen-bond donors (Lipinski definition) is 2. The van der Waals surface area contributed by atoms with E-state index in [1.807, 2.05) is 48.5 Å². The molecule has 0 spiro atoms. The molecule has 0 fully saturated rings. The van der Waals surface area contributed by atoms with E-state index in [1.54, 1.807) is 12.1 Å². The molecule has 0 bridgehead atoms. The van der Waals surface area contributed by atoms with Crippen molar-refractivity contribution in [2.75, 3.05) is 0 Å². The van der Waals surface area contributed by atoms with Crippen LogP contribution in [0.2, 0.25) is 0 Å². The van der Waals surface area contributed by atoms with E-state index in [-0.39, 0.29) is 0 Å². The molecule has 0 unspecified atom stereocenters. The summed E-state index contributed by atoms with van der Waals surface area (Å²) in [6.45, 7) is 0. The average molecular weight is 289 g/mol. The van der Waals surface area contributed by atoms with E-state index in [4.69, 9.17) is 4.42 Å². The van der Waals surface area contributed by atoms with Gasteiger partial charge in [0.25, 0.3) is 0 Å². The molecule has 4 rings (SSSR count). The number of rotatable bonds is 2. The maximum atomic E-state index is 9.29. The van der Waals surface area contributed by atoms with Crippen molar-refractivity contribution in [3.8, 4) is 11.5 Å². The predicted octanol–water partition coefficient (Wildman–Crippen LogP) is 2.33. The van der Waals surface area contributed by atoms with Crippen molar-refractivity contribution in [2.24, 2.45) is 0 Å². The third-order valence-corrected chi connectivity index (χ3v) is 3.73. The first-order valence-corrected chi connectivity index (χ1v) is 6.97. The summed E-state index contributed by atoms with van der Waals surface area (Å²) in [5, 5.41) is 20.4. The van der Waals surface area contributed by atoms with Crippen LogP contribution >= 0.6 is 0 Å². The fourth-order valence-corrected chi connectivity index (χ4v) is 2.64. The normalized spacial score (nSPS) is 11.2. The molecule has 0 aliphatic carbocycles. The highest BCUT2D eigenvalue weighted by Gasteiger charge is 2.14. The molecular weight excluding hydrogens is 277 g/mol. The van der Waals surface area contributed by atoms with Crippen molar-refractivity contribution in [2.45, 2.75) is 0 Å². The molecule has 22 heavy (non-hydrogen) atoms. The van der Waals surface area contributed by atoms with Crippen molar-refractivity contribution in [1.29, 1.82) is 0 Å². The molecule has 5 heteroatoms. The van der Waals surface area contributed by atoms with E-state index < -0.39 is 7.12 Å². The lowest BCUT2D eigenvalue weighted by Crippen LogP contribution is -2.29. The Hall–Kier alpha value is -2.63. The summed E-state index contributed by atoms with van der Waals surface area (Å²) in [4.78, 5) is 4.53. The van der Waals surface area contributed by atoms with Gasteiger partial charge in [0.15, 0.2) is 5.58 Å². The van der Waals surface area contributed by atoms with Crippen LogP contribution in [0.3, 0.4) is 0 Å². The number of fused-ring (bicyclic) bond motifs is 2. The summed E-state index contributed by atoms with van der Waals surface area (Å²) in [5.74, 6) is 0.559. The monoisotopic (exact) mass is 289 g/mol. The molecule has 0 amide bonds.